The molecule has 0 aromatic carbocycles. The van der Waals surface area contributed by atoms with Gasteiger partial charge in [0.15, 0.2) is 0 Å². The summed E-state index contributed by atoms with van der Waals surface area (Å²) in [4.78, 5) is 15.4. The molecule has 1 heterocycles. The Labute approximate surface area is 93.7 Å². The highest BCUT2D eigenvalue weighted by atomic mass is 16.3. The number of aromatic nitrogens is 1. The highest BCUT2D eigenvalue weighted by Gasteiger charge is 2.32. The van der Waals surface area contributed by atoms with Crippen LogP contribution in [0.4, 0.5) is 0 Å². The van der Waals surface area contributed by atoms with Crippen LogP contribution in [0, 0.1) is 0 Å². The first kappa shape index (κ1) is 10.9. The molecular formula is C11H15N3O2. The number of rotatable bonds is 3. The maximum atomic E-state index is 11.7. The van der Waals surface area contributed by atoms with Crippen molar-refractivity contribution >= 4 is 5.91 Å². The molecule has 0 spiro atoms. The second-order valence-electron chi connectivity index (χ2n) is 4.33. The molecule has 5 heteroatoms. The minimum Gasteiger partial charge on any atom is -0.506 e. The van der Waals surface area contributed by atoms with Crippen molar-refractivity contribution < 1.29 is 9.90 Å². The Balaban J connectivity index is 1.93. The second kappa shape index (κ2) is 4.09. The molecule has 0 aliphatic heterocycles. The van der Waals surface area contributed by atoms with Crippen LogP contribution in [0.5, 0.6) is 5.75 Å². The first-order valence-corrected chi connectivity index (χ1v) is 5.30. The van der Waals surface area contributed by atoms with Gasteiger partial charge in [-0.1, -0.05) is 0 Å². The molecule has 5 nitrogen and oxygen atoms in total. The van der Waals surface area contributed by atoms with Gasteiger partial charge in [-0.3, -0.25) is 9.78 Å². The number of carbonyl (C=O) groups is 1. The number of amides is 1. The molecule has 1 fully saturated rings. The Morgan fingerprint density at radius 2 is 2.31 bits per heavy atom. The number of hydrogen-bond acceptors (Lipinski definition) is 4. The zero-order chi connectivity index (χ0) is 11.6. The van der Waals surface area contributed by atoms with Gasteiger partial charge in [-0.05, 0) is 25.3 Å². The molecule has 86 valence electrons. The van der Waals surface area contributed by atoms with Crippen LogP contribution in [0.2, 0.25) is 0 Å². The molecule has 1 saturated carbocycles. The lowest BCUT2D eigenvalue weighted by Crippen LogP contribution is -2.54. The van der Waals surface area contributed by atoms with Crippen LogP contribution in [0.25, 0.3) is 0 Å². The number of carbonyl (C=O) groups excluding carboxylic acids is 1. The van der Waals surface area contributed by atoms with Gasteiger partial charge in [0.1, 0.15) is 5.75 Å². The summed E-state index contributed by atoms with van der Waals surface area (Å²) in [7, 11) is 0. The van der Waals surface area contributed by atoms with Crippen molar-refractivity contribution in [3.8, 4) is 5.75 Å². The van der Waals surface area contributed by atoms with Gasteiger partial charge in [-0.25, -0.2) is 0 Å². The van der Waals surface area contributed by atoms with E-state index in [1.807, 2.05) is 0 Å². The Morgan fingerprint density at radius 3 is 2.88 bits per heavy atom. The molecular weight excluding hydrogens is 206 g/mol. The van der Waals surface area contributed by atoms with Gasteiger partial charge in [0.25, 0.3) is 5.91 Å². The molecule has 0 unspecified atom stereocenters. The van der Waals surface area contributed by atoms with Crippen LogP contribution in [-0.4, -0.2) is 28.1 Å². The number of hydrogen-bond donors (Lipinski definition) is 3. The predicted molar refractivity (Wildman–Crippen MR) is 59.0 cm³/mol. The molecule has 1 aliphatic rings. The van der Waals surface area contributed by atoms with E-state index in [4.69, 9.17) is 5.73 Å². The van der Waals surface area contributed by atoms with Crippen molar-refractivity contribution in [1.82, 2.24) is 10.3 Å². The van der Waals surface area contributed by atoms with Gasteiger partial charge in [-0.15, -0.1) is 0 Å². The van der Waals surface area contributed by atoms with Crippen LogP contribution in [0.15, 0.2) is 18.5 Å². The summed E-state index contributed by atoms with van der Waals surface area (Å²) < 4.78 is 0. The average Bonchev–Trinajstić information content (AvgIpc) is 2.23. The van der Waals surface area contributed by atoms with Crippen molar-refractivity contribution in [2.45, 2.75) is 24.8 Å². The van der Waals surface area contributed by atoms with Crippen molar-refractivity contribution in [2.75, 3.05) is 6.54 Å². The van der Waals surface area contributed by atoms with Gasteiger partial charge in [-0.2, -0.15) is 0 Å². The van der Waals surface area contributed by atoms with Crippen LogP contribution in [0.1, 0.15) is 29.6 Å². The molecule has 0 atom stereocenters. The normalized spacial score (nSPS) is 17.6. The van der Waals surface area contributed by atoms with Crippen LogP contribution < -0.4 is 11.1 Å². The Kier molecular flexibility index (Phi) is 2.78. The fourth-order valence-electron chi connectivity index (χ4n) is 1.72. The Hall–Kier alpha value is -1.62. The summed E-state index contributed by atoms with van der Waals surface area (Å²) in [6.07, 6.45) is 5.73. The molecule has 1 aliphatic carbocycles. The van der Waals surface area contributed by atoms with Crippen LogP contribution >= 0.6 is 0 Å². The van der Waals surface area contributed by atoms with Gasteiger partial charge in [0.2, 0.25) is 0 Å². The van der Waals surface area contributed by atoms with E-state index >= 15 is 0 Å². The van der Waals surface area contributed by atoms with Gasteiger partial charge in [0.05, 0.1) is 11.8 Å². The van der Waals surface area contributed by atoms with E-state index in [1.165, 1.54) is 18.5 Å². The maximum absolute atomic E-state index is 11.7. The fraction of sp³-hybridized carbons (Fsp3) is 0.455. The molecule has 4 N–H and O–H groups in total. The summed E-state index contributed by atoms with van der Waals surface area (Å²) in [6, 6.07) is 1.38. The third kappa shape index (κ3) is 2.30. The highest BCUT2D eigenvalue weighted by Crippen LogP contribution is 2.28. The number of nitrogens with one attached hydrogen (secondary N) is 1. The van der Waals surface area contributed by atoms with E-state index in [9.17, 15) is 9.90 Å². The zero-order valence-electron chi connectivity index (χ0n) is 8.94. The third-order valence-corrected chi connectivity index (χ3v) is 2.94. The standard InChI is InChI=1S/C11H15N3O2/c12-11(2-1-3-11)7-14-10(16)8-4-9(15)6-13-5-8/h4-6,15H,1-3,7,12H2,(H,14,16). The molecule has 0 radical (unpaired) electrons. The number of nitrogens with zero attached hydrogens (tertiary/aromatic N) is 1. The largest absolute Gasteiger partial charge is 0.506 e. The quantitative estimate of drug-likeness (QED) is 0.689. The lowest BCUT2D eigenvalue weighted by atomic mass is 9.78. The average molecular weight is 221 g/mol. The molecule has 2 rings (SSSR count). The maximum Gasteiger partial charge on any atom is 0.253 e. The summed E-state index contributed by atoms with van der Waals surface area (Å²) in [5.74, 6) is -0.265. The third-order valence-electron chi connectivity index (χ3n) is 2.94. The Bertz CT molecular complexity index is 402. The SMILES string of the molecule is NC1(CNC(=O)c2cncc(O)c2)CCC1. The van der Waals surface area contributed by atoms with Crippen molar-refractivity contribution in [3.05, 3.63) is 24.0 Å². The first-order valence-electron chi connectivity index (χ1n) is 5.30. The number of nitrogens with two attached hydrogens (primary N) is 1. The molecule has 1 aromatic heterocycles. The van der Waals surface area contributed by atoms with Gasteiger partial charge >= 0.3 is 0 Å². The van der Waals surface area contributed by atoms with Crippen molar-refractivity contribution in [3.63, 3.8) is 0 Å². The lowest BCUT2D eigenvalue weighted by molar-refractivity contribution is 0.0929. The first-order chi connectivity index (χ1) is 7.59. The fourth-order valence-corrected chi connectivity index (χ4v) is 1.72. The molecule has 1 amide bonds. The minimum atomic E-state index is -0.250. The van der Waals surface area contributed by atoms with Crippen molar-refractivity contribution in [1.29, 1.82) is 0 Å². The van der Waals surface area contributed by atoms with Crippen LogP contribution in [0.3, 0.4) is 0 Å². The van der Waals surface area contributed by atoms with Gasteiger partial charge in [0, 0.05) is 18.3 Å². The molecule has 0 bridgehead atoms. The van der Waals surface area contributed by atoms with Gasteiger partial charge < -0.3 is 16.2 Å². The monoisotopic (exact) mass is 221 g/mol. The van der Waals surface area contributed by atoms with E-state index in [-0.39, 0.29) is 17.2 Å². The van der Waals surface area contributed by atoms with E-state index in [0.29, 0.717) is 12.1 Å². The minimum absolute atomic E-state index is 0.0150. The van der Waals surface area contributed by atoms with E-state index < -0.39 is 0 Å². The summed E-state index contributed by atoms with van der Waals surface area (Å²) >= 11 is 0. The van der Waals surface area contributed by atoms with E-state index in [2.05, 4.69) is 10.3 Å². The lowest BCUT2D eigenvalue weighted by Gasteiger charge is -2.38. The molecule has 1 aromatic rings. The van der Waals surface area contributed by atoms with E-state index in [1.54, 1.807) is 0 Å². The van der Waals surface area contributed by atoms with Crippen molar-refractivity contribution in [2.24, 2.45) is 5.73 Å². The highest BCUT2D eigenvalue weighted by molar-refractivity contribution is 5.94. The number of pyridine rings is 1. The zero-order valence-corrected chi connectivity index (χ0v) is 8.94. The summed E-state index contributed by atoms with van der Waals surface area (Å²) in [5.41, 5.74) is 6.09. The predicted octanol–water partition coefficient (Wildman–Crippen LogP) is 0.398. The molecule has 0 saturated heterocycles. The summed E-state index contributed by atoms with van der Waals surface area (Å²) in [5, 5.41) is 11.9. The van der Waals surface area contributed by atoms with E-state index in [0.717, 1.165) is 19.3 Å². The summed E-state index contributed by atoms with van der Waals surface area (Å²) in [6.45, 7) is 0.474. The second-order valence-corrected chi connectivity index (χ2v) is 4.33. The smallest absolute Gasteiger partial charge is 0.253 e. The number of aromatic hydroxyl groups is 1. The molecule has 16 heavy (non-hydrogen) atoms. The topological polar surface area (TPSA) is 88.2 Å². The Morgan fingerprint density at radius 1 is 1.56 bits per heavy atom. The van der Waals surface area contributed by atoms with Crippen LogP contribution in [-0.2, 0) is 0 Å².